The molecule has 2 N–H and O–H groups in total. The van der Waals surface area contributed by atoms with Crippen LogP contribution in [0.15, 0.2) is 66.9 Å². The minimum Gasteiger partial charge on any atom is -0.497 e. The fourth-order valence-corrected chi connectivity index (χ4v) is 4.37. The number of carbonyl (C=O) groups excluding carboxylic acids is 1. The number of nitrogens with zero attached hydrogens (tertiary/aromatic N) is 2. The number of halogens is 1. The van der Waals surface area contributed by atoms with E-state index in [1.165, 1.54) is 11.1 Å². The first-order valence-electron chi connectivity index (χ1n) is 11.1. The number of pyridine rings is 1. The van der Waals surface area contributed by atoms with E-state index < -0.39 is 0 Å². The van der Waals surface area contributed by atoms with E-state index in [9.17, 15) is 4.79 Å². The predicted octanol–water partition coefficient (Wildman–Crippen LogP) is 5.23. The average molecular weight is 465 g/mol. The number of amides is 2. The first kappa shape index (κ1) is 23.1. The van der Waals surface area contributed by atoms with Crippen LogP contribution < -0.4 is 15.4 Å². The van der Waals surface area contributed by atoms with Crippen molar-refractivity contribution in [3.8, 4) is 5.75 Å². The normalized spacial score (nSPS) is 18.5. The third kappa shape index (κ3) is 6.24. The Hall–Kier alpha value is -3.09. The second-order valence-electron chi connectivity index (χ2n) is 8.42. The number of likely N-dealkylation sites (tertiary alicyclic amines) is 1. The number of hydrogen-bond acceptors (Lipinski definition) is 4. The third-order valence-corrected chi connectivity index (χ3v) is 6.29. The summed E-state index contributed by atoms with van der Waals surface area (Å²) in [6.07, 6.45) is 2.80. The van der Waals surface area contributed by atoms with Gasteiger partial charge >= 0.3 is 6.03 Å². The van der Waals surface area contributed by atoms with Gasteiger partial charge in [-0.1, -0.05) is 29.8 Å². The van der Waals surface area contributed by atoms with Crippen molar-refractivity contribution < 1.29 is 9.53 Å². The van der Waals surface area contributed by atoms with Gasteiger partial charge in [0.2, 0.25) is 0 Å². The summed E-state index contributed by atoms with van der Waals surface area (Å²) in [5, 5.41) is 6.75. The Morgan fingerprint density at radius 3 is 2.55 bits per heavy atom. The number of nitrogens with one attached hydrogen (secondary N) is 2. The third-order valence-electron chi connectivity index (χ3n) is 6.04. The molecule has 0 radical (unpaired) electrons. The number of rotatable bonds is 6. The molecule has 1 fully saturated rings. The highest BCUT2D eigenvalue weighted by molar-refractivity contribution is 6.30. The summed E-state index contributed by atoms with van der Waals surface area (Å²) in [7, 11) is 1.67. The molecule has 1 aromatic heterocycles. The number of hydrogen-bond donors (Lipinski definition) is 2. The number of carbonyl (C=O) groups is 1. The fourth-order valence-electron chi connectivity index (χ4n) is 4.24. The van der Waals surface area contributed by atoms with Gasteiger partial charge in [-0.2, -0.15) is 0 Å². The smallest absolute Gasteiger partial charge is 0.319 e. The van der Waals surface area contributed by atoms with Crippen LogP contribution in [0.2, 0.25) is 5.02 Å². The topological polar surface area (TPSA) is 66.5 Å². The molecule has 0 spiro atoms. The Kier molecular flexibility index (Phi) is 7.47. The predicted molar refractivity (Wildman–Crippen MR) is 132 cm³/mol. The summed E-state index contributed by atoms with van der Waals surface area (Å²) in [6, 6.07) is 19.2. The van der Waals surface area contributed by atoms with Crippen LogP contribution in [0.5, 0.6) is 5.75 Å². The number of aromatic nitrogens is 1. The molecule has 1 aliphatic rings. The van der Waals surface area contributed by atoms with E-state index in [2.05, 4.69) is 38.7 Å². The highest BCUT2D eigenvalue weighted by Crippen LogP contribution is 2.30. The van der Waals surface area contributed by atoms with Crippen molar-refractivity contribution in [3.63, 3.8) is 0 Å². The van der Waals surface area contributed by atoms with E-state index in [1.807, 2.05) is 31.3 Å². The number of benzene rings is 2. The Morgan fingerprint density at radius 2 is 1.88 bits per heavy atom. The molecular weight excluding hydrogens is 436 g/mol. The van der Waals surface area contributed by atoms with Crippen molar-refractivity contribution in [1.29, 1.82) is 0 Å². The van der Waals surface area contributed by atoms with Crippen molar-refractivity contribution >= 4 is 23.3 Å². The second-order valence-corrected chi connectivity index (χ2v) is 8.86. The largest absolute Gasteiger partial charge is 0.497 e. The quantitative estimate of drug-likeness (QED) is 0.524. The van der Waals surface area contributed by atoms with Crippen LogP contribution in [0, 0.1) is 6.92 Å². The van der Waals surface area contributed by atoms with Crippen molar-refractivity contribution in [2.45, 2.75) is 31.8 Å². The zero-order chi connectivity index (χ0) is 23.2. The van der Waals surface area contributed by atoms with Crippen molar-refractivity contribution in [2.24, 2.45) is 0 Å². The van der Waals surface area contributed by atoms with Crippen LogP contribution in [0.4, 0.5) is 10.5 Å². The Labute approximate surface area is 199 Å². The molecule has 0 saturated carbocycles. The molecule has 2 atom stereocenters. The summed E-state index contributed by atoms with van der Waals surface area (Å²) in [5.41, 5.74) is 4.10. The van der Waals surface area contributed by atoms with E-state index in [0.717, 1.165) is 37.5 Å². The molecule has 0 bridgehead atoms. The van der Waals surface area contributed by atoms with Gasteiger partial charge in [0.15, 0.2) is 0 Å². The van der Waals surface area contributed by atoms with E-state index in [-0.39, 0.29) is 18.0 Å². The van der Waals surface area contributed by atoms with Gasteiger partial charge in [-0.05, 0) is 66.9 Å². The minimum absolute atomic E-state index is 0.0121. The first-order valence-corrected chi connectivity index (χ1v) is 11.5. The molecule has 33 heavy (non-hydrogen) atoms. The SMILES string of the molecule is COc1ccc(C2CN(Cc3ccc(C)nc3)CC[C@H]2NC(=O)Nc2ccc(Cl)cc2)cc1. The Balaban J connectivity index is 1.47. The van der Waals surface area contributed by atoms with E-state index >= 15 is 0 Å². The average Bonchev–Trinajstić information content (AvgIpc) is 2.83. The van der Waals surface area contributed by atoms with Gasteiger partial charge in [0.25, 0.3) is 0 Å². The zero-order valence-electron chi connectivity index (χ0n) is 18.9. The number of piperidine rings is 1. The number of urea groups is 1. The molecule has 2 amide bonds. The van der Waals surface area contributed by atoms with E-state index in [4.69, 9.17) is 16.3 Å². The maximum absolute atomic E-state index is 12.8. The van der Waals surface area contributed by atoms with Crippen LogP contribution in [0.1, 0.15) is 29.2 Å². The molecule has 1 aliphatic heterocycles. The van der Waals surface area contributed by atoms with Crippen LogP contribution in [0.25, 0.3) is 0 Å². The highest BCUT2D eigenvalue weighted by Gasteiger charge is 2.31. The fraction of sp³-hybridized carbons (Fsp3) is 0.308. The van der Waals surface area contributed by atoms with Gasteiger partial charge in [0.1, 0.15) is 5.75 Å². The lowest BCUT2D eigenvalue weighted by molar-refractivity contribution is 0.168. The Morgan fingerprint density at radius 1 is 1.12 bits per heavy atom. The number of aryl methyl sites for hydroxylation is 1. The van der Waals surface area contributed by atoms with Gasteiger partial charge < -0.3 is 15.4 Å². The number of ether oxygens (including phenoxy) is 1. The van der Waals surface area contributed by atoms with Gasteiger partial charge in [0.05, 0.1) is 7.11 Å². The molecule has 3 aromatic rings. The molecular formula is C26H29ClN4O2. The van der Waals surface area contributed by atoms with Crippen LogP contribution in [-0.4, -0.2) is 42.2 Å². The maximum atomic E-state index is 12.8. The molecule has 1 saturated heterocycles. The lowest BCUT2D eigenvalue weighted by Crippen LogP contribution is -2.50. The summed E-state index contributed by atoms with van der Waals surface area (Å²) in [5.74, 6) is 0.973. The van der Waals surface area contributed by atoms with Gasteiger partial charge in [-0.3, -0.25) is 9.88 Å². The van der Waals surface area contributed by atoms with Crippen molar-refractivity contribution in [3.05, 3.63) is 88.7 Å². The number of anilines is 1. The van der Waals surface area contributed by atoms with Gasteiger partial charge in [0, 0.05) is 54.2 Å². The summed E-state index contributed by atoms with van der Waals surface area (Å²) in [4.78, 5) is 19.6. The first-order chi connectivity index (χ1) is 16.0. The summed E-state index contributed by atoms with van der Waals surface area (Å²) in [6.45, 7) is 4.57. The maximum Gasteiger partial charge on any atom is 0.319 e. The standard InChI is InChI=1S/C26H29ClN4O2/c1-18-3-4-19(15-28-18)16-31-14-13-25(24(17-31)20-5-11-23(33-2)12-6-20)30-26(32)29-22-9-7-21(27)8-10-22/h3-12,15,24-25H,13-14,16-17H2,1-2H3,(H2,29,30,32)/t24?,25-/m1/s1. The molecule has 7 heteroatoms. The van der Waals surface area contributed by atoms with Crippen LogP contribution in [0.3, 0.4) is 0 Å². The minimum atomic E-state index is -0.211. The van der Waals surface area contributed by atoms with Crippen LogP contribution in [-0.2, 0) is 6.54 Å². The molecule has 0 aliphatic carbocycles. The molecule has 2 aromatic carbocycles. The molecule has 172 valence electrons. The van der Waals surface area contributed by atoms with Gasteiger partial charge in [-0.25, -0.2) is 4.79 Å². The molecule has 2 heterocycles. The molecule has 4 rings (SSSR count). The highest BCUT2D eigenvalue weighted by atomic mass is 35.5. The van der Waals surface area contributed by atoms with E-state index in [1.54, 1.807) is 31.4 Å². The monoisotopic (exact) mass is 464 g/mol. The lowest BCUT2D eigenvalue weighted by Gasteiger charge is -2.39. The summed E-state index contributed by atoms with van der Waals surface area (Å²) >= 11 is 5.95. The molecule has 6 nitrogen and oxygen atoms in total. The van der Waals surface area contributed by atoms with E-state index in [0.29, 0.717) is 10.7 Å². The molecule has 1 unspecified atom stereocenters. The van der Waals surface area contributed by atoms with Gasteiger partial charge in [-0.15, -0.1) is 0 Å². The Bertz CT molecular complexity index is 1060. The van der Waals surface area contributed by atoms with Crippen LogP contribution >= 0.6 is 11.6 Å². The lowest BCUT2D eigenvalue weighted by atomic mass is 9.85. The number of methoxy groups -OCH3 is 1. The zero-order valence-corrected chi connectivity index (χ0v) is 19.7. The summed E-state index contributed by atoms with van der Waals surface area (Å²) < 4.78 is 5.33. The van der Waals surface area contributed by atoms with Crippen molar-refractivity contribution in [2.75, 3.05) is 25.5 Å². The van der Waals surface area contributed by atoms with Crippen molar-refractivity contribution in [1.82, 2.24) is 15.2 Å². The second kappa shape index (κ2) is 10.7.